The Morgan fingerprint density at radius 1 is 0.641 bits per heavy atom. The maximum atomic E-state index is 12.5. The van der Waals surface area contributed by atoms with Crippen molar-refractivity contribution in [3.8, 4) is 0 Å². The van der Waals surface area contributed by atoms with Gasteiger partial charge in [-0.15, -0.1) is 47.0 Å². The van der Waals surface area contributed by atoms with E-state index >= 15 is 0 Å². The highest BCUT2D eigenvalue weighted by Crippen LogP contribution is 2.66. The zero-order valence-corrected chi connectivity index (χ0v) is 30.3. The van der Waals surface area contributed by atoms with E-state index < -0.39 is 0 Å². The molecule has 1 amide bonds. The number of hydrogen-bond acceptors (Lipinski definition) is 9. The number of rotatable bonds is 21. The summed E-state index contributed by atoms with van der Waals surface area (Å²) in [5, 5.41) is 3.15. The van der Waals surface area contributed by atoms with Crippen molar-refractivity contribution in [1.82, 2.24) is 5.32 Å². The topological polar surface area (TPSA) is 29.1 Å². The van der Waals surface area contributed by atoms with Gasteiger partial charge in [-0.25, -0.2) is 0 Å². The molecular weight excluding hydrogens is 635 g/mol. The van der Waals surface area contributed by atoms with Crippen LogP contribution in [0.5, 0.6) is 0 Å². The van der Waals surface area contributed by atoms with E-state index in [1.54, 1.807) is 11.8 Å². The van der Waals surface area contributed by atoms with Crippen molar-refractivity contribution >= 4 is 100 Å². The fourth-order valence-electron chi connectivity index (χ4n) is 4.45. The van der Waals surface area contributed by atoms with Crippen LogP contribution in [0.3, 0.4) is 0 Å². The lowest BCUT2D eigenvalue weighted by molar-refractivity contribution is -0.118. The van der Waals surface area contributed by atoms with Gasteiger partial charge in [0, 0.05) is 18.1 Å². The summed E-state index contributed by atoms with van der Waals surface area (Å²) in [5.41, 5.74) is 0. The Bertz CT molecular complexity index is 821. The Hall–Kier alpha value is 1.49. The fraction of sp³-hybridized carbons (Fsp3) is 0.759. The fourth-order valence-corrected chi connectivity index (χ4v) is 16.0. The molecule has 0 unspecified atom stereocenters. The molecule has 3 aliphatic heterocycles. The van der Waals surface area contributed by atoms with E-state index in [0.717, 1.165) is 13.0 Å². The SMILES string of the molecule is CCCCCCCCCCCCCCCCCCNC(=O)CSC1=C(SC)SC(=C2SC3=C(SCCS3)S2)S1. The molecule has 0 fully saturated rings. The van der Waals surface area contributed by atoms with Crippen LogP contribution in [0.15, 0.2) is 25.4 Å². The Morgan fingerprint density at radius 2 is 1.10 bits per heavy atom. The van der Waals surface area contributed by atoms with Crippen molar-refractivity contribution in [2.75, 3.05) is 30.1 Å². The Labute approximate surface area is 273 Å². The summed E-state index contributed by atoms with van der Waals surface area (Å²) in [6.07, 6.45) is 24.2. The van der Waals surface area contributed by atoms with Crippen molar-refractivity contribution in [3.05, 3.63) is 25.4 Å². The minimum Gasteiger partial charge on any atom is -0.355 e. The molecule has 3 rings (SSSR count). The first-order valence-corrected chi connectivity index (χ1v) is 22.3. The van der Waals surface area contributed by atoms with Gasteiger partial charge in [0.2, 0.25) is 5.91 Å². The smallest absolute Gasteiger partial charge is 0.230 e. The maximum Gasteiger partial charge on any atom is 0.230 e. The van der Waals surface area contributed by atoms with Gasteiger partial charge in [-0.05, 0) is 12.7 Å². The third-order valence-electron chi connectivity index (χ3n) is 6.66. The van der Waals surface area contributed by atoms with Crippen molar-refractivity contribution < 1.29 is 4.79 Å². The Morgan fingerprint density at radius 3 is 1.62 bits per heavy atom. The van der Waals surface area contributed by atoms with E-state index in [1.165, 1.54) is 133 Å². The molecule has 2 nitrogen and oxygen atoms in total. The van der Waals surface area contributed by atoms with Gasteiger partial charge in [0.15, 0.2) is 0 Å². The lowest BCUT2D eigenvalue weighted by Crippen LogP contribution is -2.26. The molecule has 0 aliphatic carbocycles. The molecular formula is C29H47NOS8. The predicted octanol–water partition coefficient (Wildman–Crippen LogP) is 12.3. The minimum atomic E-state index is 0.176. The molecule has 3 heterocycles. The molecule has 10 heteroatoms. The van der Waals surface area contributed by atoms with Crippen LogP contribution in [-0.4, -0.2) is 36.0 Å². The van der Waals surface area contributed by atoms with E-state index in [2.05, 4.69) is 18.5 Å². The summed E-state index contributed by atoms with van der Waals surface area (Å²) in [6.45, 7) is 3.11. The lowest BCUT2D eigenvalue weighted by Gasteiger charge is -2.08. The van der Waals surface area contributed by atoms with Crippen LogP contribution in [0.4, 0.5) is 0 Å². The van der Waals surface area contributed by atoms with Crippen molar-refractivity contribution in [2.24, 2.45) is 0 Å². The number of amides is 1. The molecule has 222 valence electrons. The van der Waals surface area contributed by atoms with Crippen LogP contribution in [0.25, 0.3) is 0 Å². The summed E-state index contributed by atoms with van der Waals surface area (Å²) in [4.78, 5) is 12.5. The molecule has 0 bridgehead atoms. The summed E-state index contributed by atoms with van der Waals surface area (Å²) in [6, 6.07) is 0. The molecule has 0 aromatic rings. The molecule has 3 aliphatic rings. The van der Waals surface area contributed by atoms with E-state index in [1.807, 2.05) is 82.3 Å². The second-order valence-corrected chi connectivity index (χ2v) is 19.6. The van der Waals surface area contributed by atoms with E-state index in [0.29, 0.717) is 5.75 Å². The number of carbonyl (C=O) groups is 1. The molecule has 0 radical (unpaired) electrons. The van der Waals surface area contributed by atoms with Crippen LogP contribution in [0.2, 0.25) is 0 Å². The average Bonchev–Trinajstić information content (AvgIpc) is 3.57. The Balaban J connectivity index is 1.13. The van der Waals surface area contributed by atoms with Crippen LogP contribution in [-0.2, 0) is 4.79 Å². The second kappa shape index (κ2) is 22.1. The van der Waals surface area contributed by atoms with E-state index in [9.17, 15) is 4.79 Å². The first-order chi connectivity index (χ1) is 19.2. The van der Waals surface area contributed by atoms with Gasteiger partial charge in [-0.3, -0.25) is 4.79 Å². The highest BCUT2D eigenvalue weighted by molar-refractivity contribution is 8.45. The number of hydrogen-bond donors (Lipinski definition) is 1. The van der Waals surface area contributed by atoms with Gasteiger partial charge < -0.3 is 5.32 Å². The third-order valence-corrected chi connectivity index (χ3v) is 18.3. The van der Waals surface area contributed by atoms with Crippen LogP contribution in [0.1, 0.15) is 110 Å². The molecule has 0 atom stereocenters. The zero-order valence-electron chi connectivity index (χ0n) is 23.8. The highest BCUT2D eigenvalue weighted by Gasteiger charge is 2.31. The van der Waals surface area contributed by atoms with Gasteiger partial charge in [0.25, 0.3) is 0 Å². The van der Waals surface area contributed by atoms with E-state index in [4.69, 9.17) is 0 Å². The van der Waals surface area contributed by atoms with Crippen LogP contribution >= 0.6 is 94.1 Å². The van der Waals surface area contributed by atoms with Gasteiger partial charge in [0.1, 0.15) is 0 Å². The lowest BCUT2D eigenvalue weighted by atomic mass is 10.0. The minimum absolute atomic E-state index is 0.176. The monoisotopic (exact) mass is 681 g/mol. The number of carbonyl (C=O) groups excluding carboxylic acids is 1. The molecule has 0 aromatic carbocycles. The third kappa shape index (κ3) is 14.2. The van der Waals surface area contributed by atoms with Crippen molar-refractivity contribution in [3.63, 3.8) is 0 Å². The first-order valence-electron chi connectivity index (χ1n) is 14.8. The number of unbranched alkanes of at least 4 members (excludes halogenated alkanes) is 15. The van der Waals surface area contributed by atoms with Crippen LogP contribution in [0, 0.1) is 0 Å². The molecule has 0 spiro atoms. The predicted molar refractivity (Wildman–Crippen MR) is 195 cm³/mol. The second-order valence-electron chi connectivity index (χ2n) is 9.98. The molecule has 0 saturated carbocycles. The molecule has 0 saturated heterocycles. The number of nitrogens with one attached hydrogen (secondary N) is 1. The zero-order chi connectivity index (χ0) is 27.5. The summed E-state index contributed by atoms with van der Waals surface area (Å²) in [7, 11) is 0. The molecule has 0 aromatic heterocycles. The van der Waals surface area contributed by atoms with Crippen molar-refractivity contribution in [2.45, 2.75) is 110 Å². The van der Waals surface area contributed by atoms with Gasteiger partial charge in [-0.2, -0.15) is 0 Å². The molecule has 39 heavy (non-hydrogen) atoms. The summed E-state index contributed by atoms with van der Waals surface area (Å²) >= 11 is 15.2. The van der Waals surface area contributed by atoms with Crippen LogP contribution < -0.4 is 5.32 Å². The van der Waals surface area contributed by atoms with Gasteiger partial charge in [0.05, 0.1) is 31.2 Å². The average molecular weight is 682 g/mol. The first kappa shape index (κ1) is 35.0. The normalized spacial score (nSPS) is 17.5. The van der Waals surface area contributed by atoms with E-state index in [-0.39, 0.29) is 5.91 Å². The highest BCUT2D eigenvalue weighted by atomic mass is 32.3. The quantitative estimate of drug-likeness (QED) is 0.119. The van der Waals surface area contributed by atoms with Gasteiger partial charge in [-0.1, -0.05) is 150 Å². The largest absolute Gasteiger partial charge is 0.355 e. The number of thioether (sulfide) groups is 8. The van der Waals surface area contributed by atoms with Crippen molar-refractivity contribution in [1.29, 1.82) is 0 Å². The standard InChI is InChI=1S/C29H47NOS8/c1-3-4-5-6-7-8-9-10-11-12-13-14-15-16-17-18-19-30-23(31)22-35-25-24(32-2)36-28(37-25)29-38-26-27(39-29)34-21-20-33-26/h3-22H2,1-2H3,(H,30,31). The molecule has 1 N–H and O–H groups in total. The summed E-state index contributed by atoms with van der Waals surface area (Å²) < 4.78 is 8.50. The Kier molecular flexibility index (Phi) is 19.8. The van der Waals surface area contributed by atoms with Gasteiger partial charge >= 0.3 is 0 Å². The summed E-state index contributed by atoms with van der Waals surface area (Å²) in [5.74, 6) is 3.15. The maximum absolute atomic E-state index is 12.5.